The van der Waals surface area contributed by atoms with Crippen molar-refractivity contribution in [2.24, 2.45) is 0 Å². The molecule has 1 N–H and O–H groups in total. The number of methoxy groups -OCH3 is 2. The van der Waals surface area contributed by atoms with E-state index in [1.165, 1.54) is 38.5 Å². The summed E-state index contributed by atoms with van der Waals surface area (Å²) < 4.78 is 9.64. The second kappa shape index (κ2) is 7.77. The van der Waals surface area contributed by atoms with Crippen LogP contribution in [0.25, 0.3) is 0 Å². The lowest BCUT2D eigenvalue weighted by atomic mass is 9.99. The van der Waals surface area contributed by atoms with Crippen molar-refractivity contribution in [1.82, 2.24) is 0 Å². The van der Waals surface area contributed by atoms with E-state index in [2.05, 4.69) is 5.32 Å². The minimum absolute atomic E-state index is 0.0855. The third-order valence-electron chi connectivity index (χ3n) is 4.48. The molecule has 2 aromatic rings. The molecule has 28 heavy (non-hydrogen) atoms. The fourth-order valence-electron chi connectivity index (χ4n) is 3.23. The molecule has 1 aliphatic carbocycles. The molecular formula is C18H16N2O7S. The van der Waals surface area contributed by atoms with Crippen molar-refractivity contribution in [3.05, 3.63) is 55.9 Å². The Morgan fingerprint density at radius 3 is 2.57 bits per heavy atom. The number of nitrogens with zero attached hydrogens (tertiary/aromatic N) is 1. The first kappa shape index (κ1) is 19.5. The number of fused-ring (bicyclic) bond motifs is 1. The van der Waals surface area contributed by atoms with Crippen LogP contribution in [0, 0.1) is 10.1 Å². The van der Waals surface area contributed by atoms with E-state index in [4.69, 9.17) is 9.47 Å². The second-order valence-electron chi connectivity index (χ2n) is 5.98. The van der Waals surface area contributed by atoms with Crippen LogP contribution in [0.5, 0.6) is 0 Å². The van der Waals surface area contributed by atoms with Crippen LogP contribution >= 0.6 is 11.3 Å². The third-order valence-corrected chi connectivity index (χ3v) is 5.66. The minimum Gasteiger partial charge on any atom is -0.469 e. The number of ether oxygens (including phenoxy) is 2. The molecule has 0 aliphatic heterocycles. The number of benzene rings is 1. The highest BCUT2D eigenvalue weighted by Gasteiger charge is 2.38. The number of carbonyl (C=O) groups excluding carboxylic acids is 3. The van der Waals surface area contributed by atoms with E-state index < -0.39 is 28.7 Å². The number of amides is 1. The second-order valence-corrected chi connectivity index (χ2v) is 7.08. The van der Waals surface area contributed by atoms with Crippen LogP contribution in [0.3, 0.4) is 0 Å². The summed E-state index contributed by atoms with van der Waals surface area (Å²) in [5.41, 5.74) is 0.0847. The molecule has 0 bridgehead atoms. The molecule has 1 amide bonds. The Labute approximate surface area is 163 Å². The van der Waals surface area contributed by atoms with E-state index in [1.54, 1.807) is 0 Å². The van der Waals surface area contributed by atoms with Crippen LogP contribution < -0.4 is 5.32 Å². The van der Waals surface area contributed by atoms with Gasteiger partial charge in [-0.1, -0.05) is 12.1 Å². The van der Waals surface area contributed by atoms with Gasteiger partial charge in [0, 0.05) is 10.9 Å². The molecular weight excluding hydrogens is 388 g/mol. The summed E-state index contributed by atoms with van der Waals surface area (Å²) in [5.74, 6) is -2.53. The van der Waals surface area contributed by atoms with Crippen LogP contribution in [0.2, 0.25) is 0 Å². The van der Waals surface area contributed by atoms with Gasteiger partial charge in [0.05, 0.1) is 30.6 Å². The lowest BCUT2D eigenvalue weighted by Gasteiger charge is -2.11. The van der Waals surface area contributed by atoms with E-state index in [9.17, 15) is 24.5 Å². The van der Waals surface area contributed by atoms with Crippen LogP contribution in [-0.4, -0.2) is 37.0 Å². The quantitative estimate of drug-likeness (QED) is 0.461. The van der Waals surface area contributed by atoms with Crippen molar-refractivity contribution in [3.8, 4) is 0 Å². The molecule has 0 fully saturated rings. The largest absolute Gasteiger partial charge is 0.469 e. The Morgan fingerprint density at radius 2 is 1.93 bits per heavy atom. The highest BCUT2D eigenvalue weighted by atomic mass is 32.1. The standard InChI is InChI=1S/C18H16N2O7S/c1-26-17(22)10-7-8-12-13(10)14(18(23)27-2)16(28-12)19-15(21)9-5-3-4-6-11(9)20(24)25/h3-6,10H,7-8H2,1-2H3,(H,19,21)/t10-/m1/s1. The predicted octanol–water partition coefficient (Wildman–Crippen LogP) is 2.90. The van der Waals surface area contributed by atoms with Gasteiger partial charge in [0.2, 0.25) is 0 Å². The predicted molar refractivity (Wildman–Crippen MR) is 99.8 cm³/mol. The molecule has 3 rings (SSSR count). The normalized spacial score (nSPS) is 14.9. The monoisotopic (exact) mass is 404 g/mol. The molecule has 1 aromatic heterocycles. The zero-order valence-corrected chi connectivity index (χ0v) is 15.8. The van der Waals surface area contributed by atoms with Gasteiger partial charge >= 0.3 is 11.9 Å². The van der Waals surface area contributed by atoms with Crippen LogP contribution in [-0.2, 0) is 20.7 Å². The highest BCUT2D eigenvalue weighted by Crippen LogP contribution is 2.46. The van der Waals surface area contributed by atoms with Crippen molar-refractivity contribution in [1.29, 1.82) is 0 Å². The van der Waals surface area contributed by atoms with Gasteiger partial charge in [0.25, 0.3) is 11.6 Å². The fourth-order valence-corrected chi connectivity index (χ4v) is 4.49. The topological polar surface area (TPSA) is 125 Å². The first-order valence-electron chi connectivity index (χ1n) is 8.25. The number of anilines is 1. The maximum atomic E-state index is 12.6. The average Bonchev–Trinajstić information content (AvgIpc) is 3.25. The molecule has 1 aliphatic rings. The summed E-state index contributed by atoms with van der Waals surface area (Å²) >= 11 is 1.15. The Hall–Kier alpha value is -3.27. The Balaban J connectivity index is 2.02. The maximum absolute atomic E-state index is 12.6. The van der Waals surface area contributed by atoms with Crippen molar-refractivity contribution in [3.63, 3.8) is 0 Å². The molecule has 146 valence electrons. The van der Waals surface area contributed by atoms with Crippen molar-refractivity contribution in [2.75, 3.05) is 19.5 Å². The summed E-state index contributed by atoms with van der Waals surface area (Å²) in [6, 6.07) is 5.50. The number of rotatable bonds is 5. The number of nitro benzene ring substituents is 1. The Morgan fingerprint density at radius 1 is 1.21 bits per heavy atom. The number of para-hydroxylation sites is 1. The third kappa shape index (κ3) is 3.33. The molecule has 9 nitrogen and oxygen atoms in total. The highest BCUT2D eigenvalue weighted by molar-refractivity contribution is 7.17. The Bertz CT molecular complexity index is 982. The van der Waals surface area contributed by atoms with Gasteiger partial charge in [0.1, 0.15) is 10.6 Å². The van der Waals surface area contributed by atoms with Crippen LogP contribution in [0.15, 0.2) is 24.3 Å². The van der Waals surface area contributed by atoms with Crippen molar-refractivity contribution >= 4 is 39.9 Å². The van der Waals surface area contributed by atoms with Gasteiger partial charge < -0.3 is 14.8 Å². The lowest BCUT2D eigenvalue weighted by molar-refractivity contribution is -0.385. The minimum atomic E-state index is -0.730. The van der Waals surface area contributed by atoms with E-state index in [0.29, 0.717) is 18.4 Å². The van der Waals surface area contributed by atoms with Gasteiger partial charge in [-0.15, -0.1) is 11.3 Å². The molecule has 1 atom stereocenters. The fraction of sp³-hybridized carbons (Fsp3) is 0.278. The van der Waals surface area contributed by atoms with Crippen molar-refractivity contribution < 1.29 is 28.8 Å². The van der Waals surface area contributed by atoms with Crippen LogP contribution in [0.1, 0.15) is 43.5 Å². The molecule has 0 spiro atoms. The number of aryl methyl sites for hydroxylation is 1. The van der Waals surface area contributed by atoms with Gasteiger partial charge in [0.15, 0.2) is 0 Å². The number of hydrogen-bond donors (Lipinski definition) is 1. The van der Waals surface area contributed by atoms with Gasteiger partial charge in [-0.05, 0) is 24.5 Å². The van der Waals surface area contributed by atoms with Crippen molar-refractivity contribution in [2.45, 2.75) is 18.8 Å². The number of nitrogens with one attached hydrogen (secondary N) is 1. The SMILES string of the molecule is COC(=O)c1c(NC(=O)c2ccccc2[N+](=O)[O-])sc2c1[C@H](C(=O)OC)CC2. The summed E-state index contributed by atoms with van der Waals surface area (Å²) in [5, 5.41) is 13.9. The summed E-state index contributed by atoms with van der Waals surface area (Å²) in [6.45, 7) is 0. The first-order valence-corrected chi connectivity index (χ1v) is 9.07. The molecule has 1 heterocycles. The average molecular weight is 404 g/mol. The Kier molecular flexibility index (Phi) is 5.41. The molecule has 1 aromatic carbocycles. The molecule has 0 saturated carbocycles. The number of carbonyl (C=O) groups is 3. The summed E-state index contributed by atoms with van der Waals surface area (Å²) in [7, 11) is 2.46. The lowest BCUT2D eigenvalue weighted by Crippen LogP contribution is -2.18. The summed E-state index contributed by atoms with van der Waals surface area (Å²) in [6.07, 6.45) is 1.04. The van der Waals surface area contributed by atoms with E-state index in [1.807, 2.05) is 0 Å². The summed E-state index contributed by atoms with van der Waals surface area (Å²) in [4.78, 5) is 48.4. The zero-order valence-electron chi connectivity index (χ0n) is 15.0. The number of hydrogen-bond acceptors (Lipinski definition) is 8. The van der Waals surface area contributed by atoms with E-state index >= 15 is 0 Å². The van der Waals surface area contributed by atoms with Gasteiger partial charge in [-0.25, -0.2) is 4.79 Å². The van der Waals surface area contributed by atoms with E-state index in [-0.39, 0.29) is 21.8 Å². The van der Waals surface area contributed by atoms with E-state index in [0.717, 1.165) is 16.2 Å². The first-order chi connectivity index (χ1) is 13.4. The molecule has 0 unspecified atom stereocenters. The van der Waals surface area contributed by atoms with Gasteiger partial charge in [-0.2, -0.15) is 0 Å². The molecule has 0 saturated heterocycles. The smallest absolute Gasteiger partial charge is 0.341 e. The maximum Gasteiger partial charge on any atom is 0.341 e. The number of thiophene rings is 1. The molecule has 0 radical (unpaired) electrons. The zero-order chi connectivity index (χ0) is 20.4. The van der Waals surface area contributed by atoms with Gasteiger partial charge in [-0.3, -0.25) is 19.7 Å². The van der Waals surface area contributed by atoms with Crippen LogP contribution in [0.4, 0.5) is 10.7 Å². The molecule has 10 heteroatoms. The number of esters is 2. The number of nitro groups is 1.